The van der Waals surface area contributed by atoms with Crippen LogP contribution in [0.25, 0.3) is 9.69 Å². The van der Waals surface area contributed by atoms with Crippen molar-refractivity contribution in [2.45, 2.75) is 6.04 Å². The number of fused-ring (bicyclic) bond motifs is 1. The Morgan fingerprint density at radius 1 is 1.19 bits per heavy atom. The van der Waals surface area contributed by atoms with Gasteiger partial charge in [-0.25, -0.2) is 11.4 Å². The summed E-state index contributed by atoms with van der Waals surface area (Å²) in [5.41, 5.74) is 1.17. The van der Waals surface area contributed by atoms with Crippen LogP contribution in [-0.2, 0) is 42.1 Å². The SMILES string of the molecule is [C-]#[N+]c1cccc2c1C([N+]#[C-])C=CO2.[Pt].[Pt]. The maximum Gasteiger partial charge on any atom is 0.265 e. The summed E-state index contributed by atoms with van der Waals surface area (Å²) in [5, 5.41) is 0. The van der Waals surface area contributed by atoms with Gasteiger partial charge in [0.2, 0.25) is 5.69 Å². The molecule has 0 aromatic heterocycles. The predicted molar refractivity (Wildman–Crippen MR) is 51.8 cm³/mol. The molecule has 1 aliphatic heterocycles. The van der Waals surface area contributed by atoms with Crippen molar-refractivity contribution in [3.05, 3.63) is 58.9 Å². The summed E-state index contributed by atoms with van der Waals surface area (Å²) in [6.45, 7) is 14.0. The Morgan fingerprint density at radius 3 is 2.56 bits per heavy atom. The van der Waals surface area contributed by atoms with E-state index in [1.165, 1.54) is 6.26 Å². The van der Waals surface area contributed by atoms with E-state index >= 15 is 0 Å². The second-order valence-electron chi connectivity index (χ2n) is 2.82. The zero-order valence-corrected chi connectivity index (χ0v) is 12.4. The topological polar surface area (TPSA) is 18.0 Å². The molecule has 0 aliphatic carbocycles. The standard InChI is InChI=1S/C11H6N2O.2Pt/c1-12-8-4-3-5-10-11(8)9(13-2)6-7-14-10;;/h3-7,9H;;. The van der Waals surface area contributed by atoms with Crippen molar-refractivity contribution in [2.24, 2.45) is 0 Å². The molecule has 0 N–H and O–H groups in total. The van der Waals surface area contributed by atoms with Crippen molar-refractivity contribution in [3.8, 4) is 5.75 Å². The van der Waals surface area contributed by atoms with Crippen molar-refractivity contribution < 1.29 is 46.9 Å². The smallest absolute Gasteiger partial charge is 0.265 e. The predicted octanol–water partition coefficient (Wildman–Crippen LogP) is 3.10. The van der Waals surface area contributed by atoms with Gasteiger partial charge in [0.15, 0.2) is 0 Å². The molecule has 1 aromatic carbocycles. The van der Waals surface area contributed by atoms with Crippen LogP contribution >= 0.6 is 0 Å². The molecule has 2 rings (SSSR count). The quantitative estimate of drug-likeness (QED) is 0.438. The van der Waals surface area contributed by atoms with Gasteiger partial charge in [0.25, 0.3) is 6.04 Å². The molecule has 1 atom stereocenters. The van der Waals surface area contributed by atoms with Crippen LogP contribution in [0.3, 0.4) is 0 Å². The van der Waals surface area contributed by atoms with Crippen molar-refractivity contribution in [3.63, 3.8) is 0 Å². The van der Waals surface area contributed by atoms with E-state index in [2.05, 4.69) is 9.69 Å². The van der Waals surface area contributed by atoms with E-state index in [4.69, 9.17) is 17.9 Å². The molecule has 1 unspecified atom stereocenters. The zero-order chi connectivity index (χ0) is 9.97. The average molecular weight is 572 g/mol. The van der Waals surface area contributed by atoms with E-state index < -0.39 is 0 Å². The third kappa shape index (κ3) is 2.62. The van der Waals surface area contributed by atoms with Gasteiger partial charge < -0.3 is 9.58 Å². The molecule has 0 saturated carbocycles. The third-order valence-corrected chi connectivity index (χ3v) is 2.05. The summed E-state index contributed by atoms with van der Waals surface area (Å²) in [5.74, 6) is 0.613. The molecule has 16 heavy (non-hydrogen) atoms. The number of benzene rings is 1. The summed E-state index contributed by atoms with van der Waals surface area (Å²) in [4.78, 5) is 6.81. The van der Waals surface area contributed by atoms with Crippen LogP contribution in [0, 0.1) is 13.1 Å². The summed E-state index contributed by atoms with van der Waals surface area (Å²) < 4.78 is 5.23. The summed E-state index contributed by atoms with van der Waals surface area (Å²) in [6.07, 6.45) is 3.16. The minimum Gasteiger partial charge on any atom is -0.466 e. The molecule has 0 bridgehead atoms. The Kier molecular flexibility index (Phi) is 6.28. The van der Waals surface area contributed by atoms with Gasteiger partial charge >= 0.3 is 0 Å². The van der Waals surface area contributed by atoms with Gasteiger partial charge in [-0.3, -0.25) is 0 Å². The molecular formula is C11H6N2OPt2. The van der Waals surface area contributed by atoms with Crippen LogP contribution in [0.5, 0.6) is 5.75 Å². The van der Waals surface area contributed by atoms with Crippen LogP contribution in [0.2, 0.25) is 0 Å². The Labute approximate surface area is 123 Å². The number of nitrogens with zero attached hydrogens (tertiary/aromatic N) is 2. The van der Waals surface area contributed by atoms with Crippen LogP contribution < -0.4 is 4.74 Å². The average Bonchev–Trinajstić information content (AvgIpc) is 2.27. The van der Waals surface area contributed by atoms with Crippen LogP contribution in [0.15, 0.2) is 30.5 Å². The number of rotatable bonds is 0. The fourth-order valence-corrected chi connectivity index (χ4v) is 1.42. The van der Waals surface area contributed by atoms with Gasteiger partial charge in [-0.15, -0.1) is 0 Å². The Hall–Kier alpha value is -0.883. The molecule has 3 nitrogen and oxygen atoms in total. The molecule has 1 aromatic rings. The first-order chi connectivity index (χ1) is 6.86. The molecule has 0 saturated heterocycles. The van der Waals surface area contributed by atoms with Crippen molar-refractivity contribution >= 4 is 5.69 Å². The van der Waals surface area contributed by atoms with Crippen LogP contribution in [0.4, 0.5) is 5.69 Å². The first kappa shape index (κ1) is 15.1. The molecular weight excluding hydrogens is 566 g/mol. The first-order valence-electron chi connectivity index (χ1n) is 4.07. The van der Waals surface area contributed by atoms with Crippen molar-refractivity contribution in [1.82, 2.24) is 0 Å². The fraction of sp³-hybridized carbons (Fsp3) is 0.0909. The van der Waals surface area contributed by atoms with E-state index in [9.17, 15) is 0 Å². The number of hydrogen-bond acceptors (Lipinski definition) is 1. The Bertz CT molecular complexity index is 486. The van der Waals surface area contributed by atoms with Crippen LogP contribution in [0.1, 0.15) is 11.6 Å². The largest absolute Gasteiger partial charge is 0.466 e. The normalized spacial score (nSPS) is 15.2. The van der Waals surface area contributed by atoms with Crippen molar-refractivity contribution in [1.29, 1.82) is 0 Å². The molecule has 5 heteroatoms. The molecule has 86 valence electrons. The Balaban J connectivity index is 0.00000112. The minimum atomic E-state index is -0.385. The fourth-order valence-electron chi connectivity index (χ4n) is 1.42. The Morgan fingerprint density at radius 2 is 1.94 bits per heavy atom. The molecule has 1 heterocycles. The second-order valence-corrected chi connectivity index (χ2v) is 2.82. The summed E-state index contributed by atoms with van der Waals surface area (Å²) in [7, 11) is 0. The van der Waals surface area contributed by atoms with Gasteiger partial charge in [0, 0.05) is 48.2 Å². The second kappa shape index (κ2) is 6.65. The molecule has 0 fully saturated rings. The maximum absolute atomic E-state index is 7.02. The van der Waals surface area contributed by atoms with Gasteiger partial charge in [-0.2, -0.15) is 0 Å². The zero-order valence-electron chi connectivity index (χ0n) is 7.90. The molecule has 0 amide bonds. The van der Waals surface area contributed by atoms with E-state index in [0.29, 0.717) is 17.0 Å². The van der Waals surface area contributed by atoms with Crippen molar-refractivity contribution in [2.75, 3.05) is 0 Å². The monoisotopic (exact) mass is 572 g/mol. The van der Waals surface area contributed by atoms with Gasteiger partial charge in [-0.1, -0.05) is 12.1 Å². The molecule has 0 radical (unpaired) electrons. The van der Waals surface area contributed by atoms with Gasteiger partial charge in [-0.05, 0) is 6.07 Å². The van der Waals surface area contributed by atoms with Crippen LogP contribution in [-0.4, -0.2) is 0 Å². The molecule has 0 spiro atoms. The maximum atomic E-state index is 7.02. The number of ether oxygens (including phenoxy) is 1. The molecule has 1 aliphatic rings. The van der Waals surface area contributed by atoms with E-state index in [-0.39, 0.29) is 48.2 Å². The first-order valence-corrected chi connectivity index (χ1v) is 4.07. The van der Waals surface area contributed by atoms with E-state index in [0.717, 1.165) is 0 Å². The minimum absolute atomic E-state index is 0. The summed E-state index contributed by atoms with van der Waals surface area (Å²) >= 11 is 0. The third-order valence-electron chi connectivity index (χ3n) is 2.05. The van der Waals surface area contributed by atoms with Gasteiger partial charge in [0.05, 0.1) is 18.4 Å². The van der Waals surface area contributed by atoms with E-state index in [1.807, 2.05) is 0 Å². The summed E-state index contributed by atoms with van der Waals surface area (Å²) in [6, 6.07) is 4.84. The van der Waals surface area contributed by atoms with Gasteiger partial charge in [0.1, 0.15) is 5.75 Å². The number of hydrogen-bond donors (Lipinski definition) is 0. The van der Waals surface area contributed by atoms with E-state index in [1.54, 1.807) is 24.3 Å².